The Hall–Kier alpha value is -2.44. The highest BCUT2D eigenvalue weighted by Crippen LogP contribution is 2.21. The Balaban J connectivity index is 1.49. The quantitative estimate of drug-likeness (QED) is 0.915. The summed E-state index contributed by atoms with van der Waals surface area (Å²) in [7, 11) is 0. The van der Waals surface area contributed by atoms with Crippen LogP contribution in [0.5, 0.6) is 0 Å². The summed E-state index contributed by atoms with van der Waals surface area (Å²) < 4.78 is 5.01. The molecule has 2 aromatic heterocycles. The Morgan fingerprint density at radius 1 is 1.32 bits per heavy atom. The van der Waals surface area contributed by atoms with Crippen molar-refractivity contribution in [1.82, 2.24) is 20.7 Å². The Morgan fingerprint density at radius 3 is 2.68 bits per heavy atom. The fourth-order valence-electron chi connectivity index (χ4n) is 2.58. The van der Waals surface area contributed by atoms with Crippen molar-refractivity contribution in [3.8, 4) is 0 Å². The molecule has 0 spiro atoms. The molecule has 1 N–H and O–H groups in total. The van der Waals surface area contributed by atoms with E-state index in [1.807, 2.05) is 19.1 Å². The van der Waals surface area contributed by atoms with Crippen molar-refractivity contribution in [2.24, 2.45) is 5.92 Å². The zero-order valence-electron chi connectivity index (χ0n) is 13.0. The van der Waals surface area contributed by atoms with Gasteiger partial charge < -0.3 is 14.7 Å². The van der Waals surface area contributed by atoms with Gasteiger partial charge in [-0.1, -0.05) is 5.16 Å². The molecule has 3 rings (SSSR count). The monoisotopic (exact) mass is 301 g/mol. The van der Waals surface area contributed by atoms with Gasteiger partial charge in [0.2, 0.25) is 0 Å². The maximum Gasteiger partial charge on any atom is 0.256 e. The first-order chi connectivity index (χ1) is 10.5. The highest BCUT2D eigenvalue weighted by Gasteiger charge is 2.29. The SMILES string of the molecule is Cc1ccc(N2CC(CNC(=O)c3c(C)noc3C)C2)nn1. The van der Waals surface area contributed by atoms with Crippen LogP contribution in [-0.2, 0) is 0 Å². The van der Waals surface area contributed by atoms with Gasteiger partial charge in [-0.05, 0) is 32.9 Å². The van der Waals surface area contributed by atoms with E-state index >= 15 is 0 Å². The highest BCUT2D eigenvalue weighted by molar-refractivity contribution is 5.96. The highest BCUT2D eigenvalue weighted by atomic mass is 16.5. The first-order valence-electron chi connectivity index (χ1n) is 7.31. The molecule has 0 bridgehead atoms. The number of carbonyl (C=O) groups is 1. The minimum Gasteiger partial charge on any atom is -0.361 e. The molecule has 7 heteroatoms. The summed E-state index contributed by atoms with van der Waals surface area (Å²) in [6, 6.07) is 3.93. The smallest absolute Gasteiger partial charge is 0.256 e. The Bertz CT molecular complexity index is 654. The summed E-state index contributed by atoms with van der Waals surface area (Å²) in [5.74, 6) is 1.75. The summed E-state index contributed by atoms with van der Waals surface area (Å²) in [5, 5.41) is 15.0. The molecule has 1 amide bonds. The van der Waals surface area contributed by atoms with Crippen molar-refractivity contribution in [3.63, 3.8) is 0 Å². The van der Waals surface area contributed by atoms with Crippen LogP contribution in [0.2, 0.25) is 0 Å². The molecule has 0 atom stereocenters. The second-order valence-corrected chi connectivity index (χ2v) is 5.71. The van der Waals surface area contributed by atoms with Crippen LogP contribution >= 0.6 is 0 Å². The third-order valence-corrected chi connectivity index (χ3v) is 3.88. The number of nitrogens with one attached hydrogen (secondary N) is 1. The summed E-state index contributed by atoms with van der Waals surface area (Å²) in [5.41, 5.74) is 2.08. The lowest BCUT2D eigenvalue weighted by molar-refractivity contribution is 0.0942. The van der Waals surface area contributed by atoms with E-state index in [0.29, 0.717) is 29.5 Å². The van der Waals surface area contributed by atoms with E-state index in [-0.39, 0.29) is 5.91 Å². The molecule has 116 valence electrons. The molecule has 0 aliphatic carbocycles. The number of aromatic nitrogens is 3. The zero-order valence-corrected chi connectivity index (χ0v) is 13.0. The molecule has 0 aromatic carbocycles. The molecule has 1 saturated heterocycles. The first kappa shape index (κ1) is 14.5. The molecular weight excluding hydrogens is 282 g/mol. The average Bonchev–Trinajstić information content (AvgIpc) is 2.78. The lowest BCUT2D eigenvalue weighted by atomic mass is 10.00. The second-order valence-electron chi connectivity index (χ2n) is 5.71. The molecule has 2 aromatic rings. The lowest BCUT2D eigenvalue weighted by Crippen LogP contribution is -2.52. The van der Waals surface area contributed by atoms with E-state index in [0.717, 1.165) is 24.6 Å². The van der Waals surface area contributed by atoms with Crippen LogP contribution in [0, 0.1) is 26.7 Å². The van der Waals surface area contributed by atoms with E-state index in [4.69, 9.17) is 4.52 Å². The summed E-state index contributed by atoms with van der Waals surface area (Å²) in [4.78, 5) is 14.3. The fraction of sp³-hybridized carbons (Fsp3) is 0.467. The molecule has 0 radical (unpaired) electrons. The third-order valence-electron chi connectivity index (χ3n) is 3.88. The van der Waals surface area contributed by atoms with Crippen LogP contribution in [0.15, 0.2) is 16.7 Å². The van der Waals surface area contributed by atoms with E-state index in [9.17, 15) is 4.79 Å². The summed E-state index contributed by atoms with van der Waals surface area (Å²) in [6.45, 7) is 7.82. The molecule has 0 saturated carbocycles. The third kappa shape index (κ3) is 2.79. The van der Waals surface area contributed by atoms with Crippen LogP contribution < -0.4 is 10.2 Å². The number of hydrogen-bond acceptors (Lipinski definition) is 6. The van der Waals surface area contributed by atoms with Crippen molar-refractivity contribution < 1.29 is 9.32 Å². The van der Waals surface area contributed by atoms with Gasteiger partial charge in [0.05, 0.1) is 11.4 Å². The fourth-order valence-corrected chi connectivity index (χ4v) is 2.58. The molecule has 1 aliphatic heterocycles. The van der Waals surface area contributed by atoms with E-state index < -0.39 is 0 Å². The summed E-state index contributed by atoms with van der Waals surface area (Å²) >= 11 is 0. The van der Waals surface area contributed by atoms with Gasteiger partial charge in [-0.3, -0.25) is 4.79 Å². The summed E-state index contributed by atoms with van der Waals surface area (Å²) in [6.07, 6.45) is 0. The lowest BCUT2D eigenvalue weighted by Gasteiger charge is -2.39. The minimum absolute atomic E-state index is 0.121. The Morgan fingerprint density at radius 2 is 2.09 bits per heavy atom. The number of aryl methyl sites for hydroxylation is 3. The van der Waals surface area contributed by atoms with Crippen molar-refractivity contribution in [3.05, 3.63) is 34.8 Å². The average molecular weight is 301 g/mol. The van der Waals surface area contributed by atoms with Crippen LogP contribution in [-0.4, -0.2) is 40.9 Å². The molecule has 3 heterocycles. The molecule has 1 fully saturated rings. The number of carbonyl (C=O) groups excluding carboxylic acids is 1. The molecule has 0 unspecified atom stereocenters. The van der Waals surface area contributed by atoms with Gasteiger partial charge in [-0.15, -0.1) is 5.10 Å². The predicted molar refractivity (Wildman–Crippen MR) is 80.8 cm³/mol. The van der Waals surface area contributed by atoms with Crippen LogP contribution in [0.4, 0.5) is 5.82 Å². The van der Waals surface area contributed by atoms with Crippen molar-refractivity contribution >= 4 is 11.7 Å². The van der Waals surface area contributed by atoms with Gasteiger partial charge in [-0.25, -0.2) is 0 Å². The van der Waals surface area contributed by atoms with E-state index in [1.54, 1.807) is 13.8 Å². The van der Waals surface area contributed by atoms with Gasteiger partial charge >= 0.3 is 0 Å². The number of hydrogen-bond donors (Lipinski definition) is 1. The molecule has 1 aliphatic rings. The molecule has 22 heavy (non-hydrogen) atoms. The zero-order chi connectivity index (χ0) is 15.7. The van der Waals surface area contributed by atoms with Gasteiger partial charge in [0.25, 0.3) is 5.91 Å². The van der Waals surface area contributed by atoms with Gasteiger partial charge in [-0.2, -0.15) is 5.10 Å². The first-order valence-corrected chi connectivity index (χ1v) is 7.31. The maximum atomic E-state index is 12.1. The maximum absolute atomic E-state index is 12.1. The van der Waals surface area contributed by atoms with Crippen molar-refractivity contribution in [2.45, 2.75) is 20.8 Å². The van der Waals surface area contributed by atoms with Gasteiger partial charge in [0.15, 0.2) is 5.82 Å². The number of anilines is 1. The standard InChI is InChI=1S/C15H19N5O2/c1-9-4-5-13(18-17-9)20-7-12(8-20)6-16-15(21)14-10(2)19-22-11(14)3/h4-5,12H,6-8H2,1-3H3,(H,16,21). The van der Waals surface area contributed by atoms with Crippen LogP contribution in [0.25, 0.3) is 0 Å². The molecule has 7 nitrogen and oxygen atoms in total. The largest absolute Gasteiger partial charge is 0.361 e. The Kier molecular flexibility index (Phi) is 3.79. The van der Waals surface area contributed by atoms with Crippen molar-refractivity contribution in [2.75, 3.05) is 24.5 Å². The number of nitrogens with zero attached hydrogens (tertiary/aromatic N) is 4. The molecular formula is C15H19N5O2. The van der Waals surface area contributed by atoms with Gasteiger partial charge in [0.1, 0.15) is 11.3 Å². The predicted octanol–water partition coefficient (Wildman–Crippen LogP) is 1.26. The van der Waals surface area contributed by atoms with Gasteiger partial charge in [0, 0.05) is 25.6 Å². The van der Waals surface area contributed by atoms with E-state index in [1.165, 1.54) is 0 Å². The number of amides is 1. The Labute approximate surface area is 128 Å². The topological polar surface area (TPSA) is 84.2 Å². The number of rotatable bonds is 4. The minimum atomic E-state index is -0.121. The van der Waals surface area contributed by atoms with Crippen LogP contribution in [0.3, 0.4) is 0 Å². The van der Waals surface area contributed by atoms with E-state index in [2.05, 4.69) is 25.6 Å². The van der Waals surface area contributed by atoms with Crippen molar-refractivity contribution in [1.29, 1.82) is 0 Å². The normalized spacial score (nSPS) is 14.8. The second kappa shape index (κ2) is 5.75. The van der Waals surface area contributed by atoms with Crippen LogP contribution in [0.1, 0.15) is 27.5 Å².